The summed E-state index contributed by atoms with van der Waals surface area (Å²) in [5, 5.41) is 9.49. The number of ether oxygens (including phenoxy) is 2. The summed E-state index contributed by atoms with van der Waals surface area (Å²) in [5.74, 6) is -0.639. The van der Waals surface area contributed by atoms with Crippen molar-refractivity contribution in [3.63, 3.8) is 0 Å². The Kier molecular flexibility index (Phi) is 30.7. The van der Waals surface area contributed by atoms with E-state index in [1.54, 1.807) is 0 Å². The summed E-state index contributed by atoms with van der Waals surface area (Å²) >= 11 is 0. The molecule has 0 bridgehead atoms. The second kappa shape index (κ2) is 32.4. The van der Waals surface area contributed by atoms with E-state index in [9.17, 15) is 14.7 Å². The van der Waals surface area contributed by atoms with E-state index < -0.39 is 6.10 Å². The van der Waals surface area contributed by atoms with Gasteiger partial charge in [-0.1, -0.05) is 127 Å². The third kappa shape index (κ3) is 30.6. The van der Waals surface area contributed by atoms with Crippen LogP contribution in [0.1, 0.15) is 149 Å². The highest BCUT2D eigenvalue weighted by molar-refractivity contribution is 5.70. The molecule has 1 atom stereocenters. The zero-order chi connectivity index (χ0) is 30.1. The molecule has 0 aliphatic heterocycles. The van der Waals surface area contributed by atoms with Gasteiger partial charge in [-0.25, -0.2) is 0 Å². The van der Waals surface area contributed by atoms with E-state index >= 15 is 0 Å². The van der Waals surface area contributed by atoms with E-state index in [2.05, 4.69) is 56.4 Å². The summed E-state index contributed by atoms with van der Waals surface area (Å²) in [5.41, 5.74) is 0. The van der Waals surface area contributed by atoms with Crippen molar-refractivity contribution in [2.75, 3.05) is 13.2 Å². The van der Waals surface area contributed by atoms with Crippen molar-refractivity contribution < 1.29 is 24.2 Å². The van der Waals surface area contributed by atoms with Crippen molar-refractivity contribution in [1.29, 1.82) is 0 Å². The van der Waals surface area contributed by atoms with Crippen molar-refractivity contribution in [3.05, 3.63) is 48.6 Å². The standard InChI is InChI=1S/C36H62O5/c1-3-5-7-9-11-13-15-17-19-21-23-25-27-29-31-36(39)41-34(32-37)33-40-35(38)30-28-26-24-22-20-18-16-14-12-10-8-6-4-2/h6,8,10,12,14,16,19,21,34,37H,3-5,7,9,11,13,15,17-18,20,22-33H2,1-2H3/b8-6+,12-10+,16-14+,21-19+. The number of unbranched alkanes of at least 4 members (excludes halogenated alkanes) is 15. The quantitative estimate of drug-likeness (QED) is 0.0416. The zero-order valence-electron chi connectivity index (χ0n) is 26.5. The van der Waals surface area contributed by atoms with Crippen molar-refractivity contribution in [2.45, 2.75) is 155 Å². The van der Waals surface area contributed by atoms with E-state index in [1.807, 2.05) is 6.08 Å². The first-order chi connectivity index (χ1) is 20.1. The molecular weight excluding hydrogens is 512 g/mol. The molecule has 0 aromatic heterocycles. The Morgan fingerprint density at radius 3 is 1.66 bits per heavy atom. The molecule has 0 amide bonds. The highest BCUT2D eigenvalue weighted by atomic mass is 16.6. The summed E-state index contributed by atoms with van der Waals surface area (Å²) in [6.45, 7) is 3.94. The number of carbonyl (C=O) groups excluding carboxylic acids is 2. The van der Waals surface area contributed by atoms with Gasteiger partial charge in [0.1, 0.15) is 6.61 Å². The van der Waals surface area contributed by atoms with Gasteiger partial charge < -0.3 is 14.6 Å². The van der Waals surface area contributed by atoms with Gasteiger partial charge in [0.2, 0.25) is 0 Å². The van der Waals surface area contributed by atoms with Gasteiger partial charge in [0.15, 0.2) is 6.10 Å². The Morgan fingerprint density at radius 2 is 1.07 bits per heavy atom. The molecule has 0 aliphatic rings. The predicted octanol–water partition coefficient (Wildman–Crippen LogP) is 9.89. The third-order valence-electron chi connectivity index (χ3n) is 6.92. The highest BCUT2D eigenvalue weighted by Crippen LogP contribution is 2.11. The number of carbonyl (C=O) groups is 2. The fourth-order valence-corrected chi connectivity index (χ4v) is 4.37. The highest BCUT2D eigenvalue weighted by Gasteiger charge is 2.16. The molecule has 236 valence electrons. The van der Waals surface area contributed by atoms with Gasteiger partial charge >= 0.3 is 11.9 Å². The average Bonchev–Trinajstić information content (AvgIpc) is 2.97. The fourth-order valence-electron chi connectivity index (χ4n) is 4.37. The minimum Gasteiger partial charge on any atom is -0.462 e. The average molecular weight is 575 g/mol. The number of rotatable bonds is 29. The molecule has 0 fully saturated rings. The minimum atomic E-state index is -0.786. The summed E-state index contributed by atoms with van der Waals surface area (Å²) in [4.78, 5) is 24.1. The van der Waals surface area contributed by atoms with E-state index in [-0.39, 0.29) is 25.2 Å². The van der Waals surface area contributed by atoms with Crippen molar-refractivity contribution >= 4 is 11.9 Å². The van der Waals surface area contributed by atoms with Gasteiger partial charge in [-0.15, -0.1) is 0 Å². The Labute approximate surface area is 252 Å². The van der Waals surface area contributed by atoms with Crippen LogP contribution in [0.2, 0.25) is 0 Å². The largest absolute Gasteiger partial charge is 0.462 e. The third-order valence-corrected chi connectivity index (χ3v) is 6.92. The van der Waals surface area contributed by atoms with Crippen molar-refractivity contribution in [3.8, 4) is 0 Å². The smallest absolute Gasteiger partial charge is 0.306 e. The molecule has 0 aliphatic carbocycles. The van der Waals surface area contributed by atoms with Crippen LogP contribution in [0.15, 0.2) is 48.6 Å². The van der Waals surface area contributed by atoms with Crippen LogP contribution in [0, 0.1) is 0 Å². The first kappa shape index (κ1) is 38.9. The molecule has 0 spiro atoms. The first-order valence-electron chi connectivity index (χ1n) is 16.7. The van der Waals surface area contributed by atoms with Crippen LogP contribution in [0.4, 0.5) is 0 Å². The Morgan fingerprint density at radius 1 is 0.585 bits per heavy atom. The molecule has 0 heterocycles. The summed E-state index contributed by atoms with van der Waals surface area (Å²) in [6, 6.07) is 0. The molecule has 0 rings (SSSR count). The lowest BCUT2D eigenvalue weighted by molar-refractivity contribution is -0.161. The van der Waals surface area contributed by atoms with Crippen molar-refractivity contribution in [2.24, 2.45) is 0 Å². The molecule has 0 saturated carbocycles. The van der Waals surface area contributed by atoms with Crippen LogP contribution < -0.4 is 0 Å². The van der Waals surface area contributed by atoms with Gasteiger partial charge in [0.25, 0.3) is 0 Å². The summed E-state index contributed by atoms with van der Waals surface area (Å²) in [7, 11) is 0. The maximum Gasteiger partial charge on any atom is 0.306 e. The molecule has 5 nitrogen and oxygen atoms in total. The number of esters is 2. The monoisotopic (exact) mass is 574 g/mol. The second-order valence-electron chi connectivity index (χ2n) is 10.9. The number of hydrogen-bond acceptors (Lipinski definition) is 5. The van der Waals surface area contributed by atoms with E-state index in [1.165, 1.54) is 51.4 Å². The molecule has 41 heavy (non-hydrogen) atoms. The Hall–Kier alpha value is -2.14. The lowest BCUT2D eigenvalue weighted by Gasteiger charge is -2.15. The van der Waals surface area contributed by atoms with Gasteiger partial charge in [-0.2, -0.15) is 0 Å². The van der Waals surface area contributed by atoms with E-state index in [0.717, 1.165) is 70.6 Å². The number of aliphatic hydroxyl groups is 1. The molecular formula is C36H62O5. The molecule has 0 aromatic rings. The van der Waals surface area contributed by atoms with E-state index in [0.29, 0.717) is 12.8 Å². The van der Waals surface area contributed by atoms with Crippen LogP contribution in [-0.2, 0) is 19.1 Å². The van der Waals surface area contributed by atoms with Gasteiger partial charge in [-0.05, 0) is 57.8 Å². The minimum absolute atomic E-state index is 0.0837. The summed E-state index contributed by atoms with van der Waals surface area (Å²) in [6.07, 6.45) is 38.8. The number of aliphatic hydroxyl groups excluding tert-OH is 1. The number of hydrogen-bond donors (Lipinski definition) is 1. The number of allylic oxidation sites excluding steroid dienone is 8. The topological polar surface area (TPSA) is 72.8 Å². The maximum absolute atomic E-state index is 12.1. The molecule has 1 N–H and O–H groups in total. The lowest BCUT2D eigenvalue weighted by atomic mass is 10.1. The van der Waals surface area contributed by atoms with Crippen LogP contribution >= 0.6 is 0 Å². The first-order valence-corrected chi connectivity index (χ1v) is 16.7. The summed E-state index contributed by atoms with van der Waals surface area (Å²) < 4.78 is 10.5. The van der Waals surface area contributed by atoms with Gasteiger partial charge in [-0.3, -0.25) is 9.59 Å². The second-order valence-corrected chi connectivity index (χ2v) is 10.9. The lowest BCUT2D eigenvalue weighted by Crippen LogP contribution is -2.28. The van der Waals surface area contributed by atoms with E-state index in [4.69, 9.17) is 9.47 Å². The van der Waals surface area contributed by atoms with Crippen LogP contribution in [0.25, 0.3) is 0 Å². The molecule has 0 radical (unpaired) electrons. The SMILES string of the molecule is CC/C=C/C=C/C=C/CCCCCCCC(=O)OCC(CO)OC(=O)CCCCC/C=C/CCCCCCCCC. The molecule has 0 saturated heterocycles. The maximum atomic E-state index is 12.1. The molecule has 5 heteroatoms. The van der Waals surface area contributed by atoms with Gasteiger partial charge in [0.05, 0.1) is 6.61 Å². The molecule has 0 aromatic carbocycles. The van der Waals surface area contributed by atoms with Crippen LogP contribution in [0.3, 0.4) is 0 Å². The zero-order valence-corrected chi connectivity index (χ0v) is 26.5. The van der Waals surface area contributed by atoms with Gasteiger partial charge in [0, 0.05) is 12.8 Å². The Bertz CT molecular complexity index is 707. The van der Waals surface area contributed by atoms with Crippen LogP contribution in [-0.4, -0.2) is 36.4 Å². The predicted molar refractivity (Wildman–Crippen MR) is 173 cm³/mol. The Balaban J connectivity index is 3.66. The molecule has 1 unspecified atom stereocenters. The van der Waals surface area contributed by atoms with Crippen LogP contribution in [0.5, 0.6) is 0 Å². The normalized spacial score (nSPS) is 12.8. The fraction of sp³-hybridized carbons (Fsp3) is 0.722. The van der Waals surface area contributed by atoms with Crippen molar-refractivity contribution in [1.82, 2.24) is 0 Å².